The van der Waals surface area contributed by atoms with E-state index in [-0.39, 0.29) is 29.6 Å². The number of hydrogen-bond donors (Lipinski definition) is 2. The third-order valence-corrected chi connectivity index (χ3v) is 10.6. The topological polar surface area (TPSA) is 118 Å². The van der Waals surface area contributed by atoms with Crippen LogP contribution >= 0.6 is 11.6 Å². The van der Waals surface area contributed by atoms with E-state index >= 15 is 0 Å². The van der Waals surface area contributed by atoms with Crippen LogP contribution < -0.4 is 18.9 Å². The highest BCUT2D eigenvalue weighted by Gasteiger charge is 2.42. The number of carboxylic acid groups (broad SMARTS) is 1. The molecule has 0 saturated carbocycles. The molecule has 2 atom stereocenters. The molecular weight excluding hydrogens is 684 g/mol. The molecule has 2 N–H and O–H groups in total. The molecule has 4 aromatic carbocycles. The molecule has 1 spiro atoms. The maximum absolute atomic E-state index is 14.0. The van der Waals surface area contributed by atoms with Crippen molar-refractivity contribution in [1.29, 1.82) is 0 Å². The minimum absolute atomic E-state index is 0.0150. The molecule has 0 bridgehead atoms. The number of aliphatic hydroxyl groups excluding tert-OH is 1. The van der Waals surface area contributed by atoms with E-state index in [1.54, 1.807) is 42.3 Å². The summed E-state index contributed by atoms with van der Waals surface area (Å²) in [6.45, 7) is 3.12. The highest BCUT2D eigenvalue weighted by Crippen LogP contribution is 2.42. The van der Waals surface area contributed by atoms with Crippen molar-refractivity contribution >= 4 is 23.5 Å². The zero-order valence-corrected chi connectivity index (χ0v) is 29.9. The van der Waals surface area contributed by atoms with E-state index in [4.69, 9.17) is 30.5 Å². The minimum Gasteiger partial charge on any atom is -0.497 e. The number of amides is 1. The van der Waals surface area contributed by atoms with Gasteiger partial charge in [-0.3, -0.25) is 4.79 Å². The molecule has 3 aliphatic rings. The molecule has 7 rings (SSSR count). The number of carbonyl (C=O) groups excluding carboxylic acids is 1. The third kappa shape index (κ3) is 7.99. The van der Waals surface area contributed by atoms with Crippen LogP contribution in [0.4, 0.5) is 0 Å². The lowest BCUT2D eigenvalue weighted by molar-refractivity contribution is -0.00203. The number of halogens is 1. The summed E-state index contributed by atoms with van der Waals surface area (Å²) in [5.74, 6) is 1.20. The van der Waals surface area contributed by atoms with Crippen molar-refractivity contribution in [1.82, 2.24) is 9.80 Å². The van der Waals surface area contributed by atoms with Gasteiger partial charge in [0.05, 0.1) is 18.2 Å². The number of aliphatic hydroxyl groups is 1. The van der Waals surface area contributed by atoms with Crippen molar-refractivity contribution < 1.29 is 38.7 Å². The molecule has 4 aromatic rings. The Bertz CT molecular complexity index is 1910. The van der Waals surface area contributed by atoms with Gasteiger partial charge in [0.15, 0.2) is 0 Å². The number of nitrogens with zero attached hydrogens (tertiary/aromatic N) is 2. The molecular formula is C41H43ClN2O8. The van der Waals surface area contributed by atoms with Gasteiger partial charge in [0.25, 0.3) is 5.91 Å². The van der Waals surface area contributed by atoms with Crippen LogP contribution in [0, 0.1) is 0 Å². The van der Waals surface area contributed by atoms with E-state index in [2.05, 4.69) is 4.90 Å². The van der Waals surface area contributed by atoms with Gasteiger partial charge in [-0.2, -0.15) is 0 Å². The Kier molecular flexibility index (Phi) is 10.6. The molecule has 0 unspecified atom stereocenters. The lowest BCUT2D eigenvalue weighted by Gasteiger charge is -2.39. The predicted octanol–water partition coefficient (Wildman–Crippen LogP) is 6.46. The zero-order valence-electron chi connectivity index (χ0n) is 29.1. The first kappa shape index (κ1) is 35.6. The maximum atomic E-state index is 14.0. The number of likely N-dealkylation sites (tertiary alicyclic amines) is 2. The predicted molar refractivity (Wildman–Crippen MR) is 196 cm³/mol. The maximum Gasteiger partial charge on any atom is 0.335 e. The van der Waals surface area contributed by atoms with E-state index < -0.39 is 12.1 Å². The van der Waals surface area contributed by atoms with Crippen molar-refractivity contribution in [3.05, 3.63) is 118 Å². The Balaban J connectivity index is 1.01. The monoisotopic (exact) mass is 726 g/mol. The lowest BCUT2D eigenvalue weighted by Crippen LogP contribution is -2.49. The number of methoxy groups -OCH3 is 1. The van der Waals surface area contributed by atoms with Crippen LogP contribution in [0.3, 0.4) is 0 Å². The molecule has 11 heteroatoms. The lowest BCUT2D eigenvalue weighted by atomic mass is 9.87. The summed E-state index contributed by atoms with van der Waals surface area (Å²) in [5.41, 5.74) is 3.19. The number of rotatable bonds is 12. The van der Waals surface area contributed by atoms with Crippen molar-refractivity contribution in [2.24, 2.45) is 0 Å². The fourth-order valence-corrected chi connectivity index (χ4v) is 7.75. The Labute approximate surface area is 308 Å². The first-order chi connectivity index (χ1) is 25.2. The van der Waals surface area contributed by atoms with E-state index in [0.29, 0.717) is 54.7 Å². The average molecular weight is 727 g/mol. The van der Waals surface area contributed by atoms with Crippen LogP contribution in [-0.2, 0) is 13.0 Å². The van der Waals surface area contributed by atoms with Crippen molar-refractivity contribution in [3.63, 3.8) is 0 Å². The number of carbonyl (C=O) groups is 2. The quantitative estimate of drug-likeness (QED) is 0.170. The number of fused-ring (bicyclic) bond motifs is 1. The Morgan fingerprint density at radius 2 is 1.71 bits per heavy atom. The number of benzene rings is 4. The standard InChI is InChI=1S/C41H43ClN2O8/c1-49-32-9-6-27(7-10-32)25-50-33-11-12-36(39(46)44-17-14-28(23-44)34-4-2-3-5-35(34)40(47)48)38(21-33)51-26-31(45)24-43-18-15-41(16-19-43)22-29-20-30(42)8-13-37(29)52-41/h2-13,20-21,28,31,45H,14-19,22-26H2,1H3,(H,47,48)/t28-,31+/m1/s1. The Morgan fingerprint density at radius 3 is 2.48 bits per heavy atom. The second-order valence-corrected chi connectivity index (χ2v) is 14.3. The summed E-state index contributed by atoms with van der Waals surface area (Å²) < 4.78 is 24.0. The number of β-amino-alcohol motifs (C(OH)–C–C–N with tert-alkyl or cyclic N) is 1. The molecule has 10 nitrogen and oxygen atoms in total. The van der Waals surface area contributed by atoms with E-state index in [9.17, 15) is 19.8 Å². The van der Waals surface area contributed by atoms with Gasteiger partial charge in [-0.15, -0.1) is 0 Å². The molecule has 2 saturated heterocycles. The molecule has 2 fully saturated rings. The number of piperidine rings is 1. The highest BCUT2D eigenvalue weighted by molar-refractivity contribution is 6.30. The normalized spacial score (nSPS) is 18.4. The number of ether oxygens (including phenoxy) is 4. The van der Waals surface area contributed by atoms with E-state index in [1.807, 2.05) is 54.6 Å². The molecule has 1 amide bonds. The van der Waals surface area contributed by atoms with Gasteiger partial charge in [-0.05, 0) is 71.6 Å². The molecule has 272 valence electrons. The fraction of sp³-hybridized carbons (Fsp3) is 0.366. The van der Waals surface area contributed by atoms with Crippen molar-refractivity contribution in [2.45, 2.75) is 49.9 Å². The van der Waals surface area contributed by atoms with Gasteiger partial charge in [0.2, 0.25) is 0 Å². The SMILES string of the molecule is COc1ccc(COc2ccc(C(=O)N3CC[C@@H](c4ccccc4C(=O)O)C3)c(OC[C@@H](O)CN3CCC4(CC3)Cc3cc(Cl)ccc3O4)c2)cc1. The summed E-state index contributed by atoms with van der Waals surface area (Å²) in [5, 5.41) is 21.6. The molecule has 3 aliphatic heterocycles. The van der Waals surface area contributed by atoms with Gasteiger partial charge in [-0.25, -0.2) is 4.79 Å². The second kappa shape index (κ2) is 15.5. The Hall–Kier alpha value is -4.77. The fourth-order valence-electron chi connectivity index (χ4n) is 7.55. The summed E-state index contributed by atoms with van der Waals surface area (Å²) in [6.07, 6.45) is 2.36. The smallest absolute Gasteiger partial charge is 0.335 e. The number of carboxylic acids is 1. The van der Waals surface area contributed by atoms with E-state index in [0.717, 1.165) is 60.5 Å². The third-order valence-electron chi connectivity index (χ3n) is 10.4. The summed E-state index contributed by atoms with van der Waals surface area (Å²) in [4.78, 5) is 29.8. The average Bonchev–Trinajstić information content (AvgIpc) is 3.79. The Morgan fingerprint density at radius 1 is 0.942 bits per heavy atom. The van der Waals surface area contributed by atoms with E-state index in [1.165, 1.54) is 0 Å². The summed E-state index contributed by atoms with van der Waals surface area (Å²) in [6, 6.07) is 25.5. The second-order valence-electron chi connectivity index (χ2n) is 13.9. The first-order valence-electron chi connectivity index (χ1n) is 17.7. The van der Waals surface area contributed by atoms with Gasteiger partial charge in [-0.1, -0.05) is 41.9 Å². The van der Waals surface area contributed by atoms with Gasteiger partial charge in [0, 0.05) is 69.0 Å². The first-order valence-corrected chi connectivity index (χ1v) is 18.1. The number of aromatic carboxylic acids is 1. The highest BCUT2D eigenvalue weighted by atomic mass is 35.5. The largest absolute Gasteiger partial charge is 0.497 e. The summed E-state index contributed by atoms with van der Waals surface area (Å²) >= 11 is 6.21. The number of hydrogen-bond acceptors (Lipinski definition) is 8. The van der Waals surface area contributed by atoms with Crippen molar-refractivity contribution in [2.75, 3.05) is 46.4 Å². The molecule has 0 aromatic heterocycles. The van der Waals surface area contributed by atoms with Crippen LogP contribution in [-0.4, -0.2) is 90.0 Å². The van der Waals surface area contributed by atoms with Crippen molar-refractivity contribution in [3.8, 4) is 23.0 Å². The molecule has 0 aliphatic carbocycles. The molecule has 0 radical (unpaired) electrons. The van der Waals surface area contributed by atoms with Crippen LogP contribution in [0.15, 0.2) is 84.9 Å². The van der Waals surface area contributed by atoms with Crippen LogP contribution in [0.2, 0.25) is 5.02 Å². The zero-order chi connectivity index (χ0) is 36.2. The van der Waals surface area contributed by atoms with Gasteiger partial charge < -0.3 is 39.0 Å². The minimum atomic E-state index is -0.980. The summed E-state index contributed by atoms with van der Waals surface area (Å²) in [7, 11) is 1.62. The molecule has 52 heavy (non-hydrogen) atoms. The van der Waals surface area contributed by atoms with Gasteiger partial charge >= 0.3 is 5.97 Å². The van der Waals surface area contributed by atoms with Crippen LogP contribution in [0.1, 0.15) is 62.6 Å². The van der Waals surface area contributed by atoms with Crippen LogP contribution in [0.25, 0.3) is 0 Å². The van der Waals surface area contributed by atoms with Crippen LogP contribution in [0.5, 0.6) is 23.0 Å². The van der Waals surface area contributed by atoms with Gasteiger partial charge in [0.1, 0.15) is 47.9 Å². The molecule has 3 heterocycles.